The van der Waals surface area contributed by atoms with Crippen LogP contribution in [0.4, 0.5) is 0 Å². The SMILES string of the molecule is Cc1nn(C)c(C)c1Oc1cnc(CNCC(C)C)cn1. The molecule has 0 saturated heterocycles. The Morgan fingerprint density at radius 1 is 1.24 bits per heavy atom. The third-order valence-corrected chi connectivity index (χ3v) is 3.19. The first kappa shape index (κ1) is 15.4. The smallest absolute Gasteiger partial charge is 0.238 e. The van der Waals surface area contributed by atoms with Gasteiger partial charge in [-0.25, -0.2) is 4.98 Å². The van der Waals surface area contributed by atoms with Crippen LogP contribution < -0.4 is 10.1 Å². The van der Waals surface area contributed by atoms with Crippen LogP contribution in [0.25, 0.3) is 0 Å². The standard InChI is InChI=1S/C15H23N5O/c1-10(2)6-16-7-13-8-18-14(9-17-13)21-15-11(3)19-20(5)12(15)4/h8-10,16H,6-7H2,1-5H3. The van der Waals surface area contributed by atoms with Crippen molar-refractivity contribution in [2.24, 2.45) is 13.0 Å². The summed E-state index contributed by atoms with van der Waals surface area (Å²) in [7, 11) is 1.89. The predicted octanol–water partition coefficient (Wildman–Crippen LogP) is 2.36. The van der Waals surface area contributed by atoms with Crippen molar-refractivity contribution in [3.63, 3.8) is 0 Å². The van der Waals surface area contributed by atoms with Gasteiger partial charge in [0.1, 0.15) is 5.69 Å². The van der Waals surface area contributed by atoms with E-state index < -0.39 is 0 Å². The maximum absolute atomic E-state index is 5.78. The summed E-state index contributed by atoms with van der Waals surface area (Å²) in [6.45, 7) is 9.92. The van der Waals surface area contributed by atoms with Crippen LogP contribution in [0.2, 0.25) is 0 Å². The van der Waals surface area contributed by atoms with Crippen molar-refractivity contribution in [1.82, 2.24) is 25.1 Å². The predicted molar refractivity (Wildman–Crippen MR) is 81.3 cm³/mol. The number of nitrogens with zero attached hydrogens (tertiary/aromatic N) is 4. The quantitative estimate of drug-likeness (QED) is 0.884. The molecule has 6 heteroatoms. The van der Waals surface area contributed by atoms with E-state index in [0.29, 0.717) is 11.8 Å². The van der Waals surface area contributed by atoms with Crippen LogP contribution in [-0.4, -0.2) is 26.3 Å². The molecule has 0 aromatic carbocycles. The molecule has 0 aliphatic carbocycles. The summed E-state index contributed by atoms with van der Waals surface area (Å²) in [5.74, 6) is 1.86. The van der Waals surface area contributed by atoms with Gasteiger partial charge in [0.2, 0.25) is 5.88 Å². The lowest BCUT2D eigenvalue weighted by atomic mass is 10.2. The van der Waals surface area contributed by atoms with Crippen molar-refractivity contribution in [3.05, 3.63) is 29.5 Å². The zero-order valence-corrected chi connectivity index (χ0v) is 13.3. The first-order valence-corrected chi connectivity index (χ1v) is 7.17. The molecule has 2 aromatic rings. The fourth-order valence-electron chi connectivity index (χ4n) is 1.98. The Hall–Kier alpha value is -1.95. The Balaban J connectivity index is 1.99. The minimum Gasteiger partial charge on any atom is -0.434 e. The average Bonchev–Trinajstić information content (AvgIpc) is 2.67. The molecule has 0 aliphatic heterocycles. The Kier molecular flexibility index (Phi) is 4.90. The largest absolute Gasteiger partial charge is 0.434 e. The van der Waals surface area contributed by atoms with E-state index in [1.54, 1.807) is 17.1 Å². The average molecular weight is 289 g/mol. The van der Waals surface area contributed by atoms with Gasteiger partial charge in [-0.3, -0.25) is 9.67 Å². The third-order valence-electron chi connectivity index (χ3n) is 3.19. The maximum Gasteiger partial charge on any atom is 0.238 e. The highest BCUT2D eigenvalue weighted by atomic mass is 16.5. The molecule has 0 unspecified atom stereocenters. The van der Waals surface area contributed by atoms with Crippen molar-refractivity contribution in [2.75, 3.05) is 6.54 Å². The van der Waals surface area contributed by atoms with Gasteiger partial charge < -0.3 is 10.1 Å². The molecule has 0 radical (unpaired) electrons. The summed E-state index contributed by atoms with van der Waals surface area (Å²) in [6, 6.07) is 0. The highest BCUT2D eigenvalue weighted by Crippen LogP contribution is 2.26. The highest BCUT2D eigenvalue weighted by Gasteiger charge is 2.12. The minimum absolute atomic E-state index is 0.488. The second-order valence-electron chi connectivity index (χ2n) is 5.60. The van der Waals surface area contributed by atoms with Crippen LogP contribution in [-0.2, 0) is 13.6 Å². The van der Waals surface area contributed by atoms with Crippen LogP contribution in [0.1, 0.15) is 30.9 Å². The summed E-state index contributed by atoms with van der Waals surface area (Å²) >= 11 is 0. The second kappa shape index (κ2) is 6.67. The molecule has 0 aliphatic rings. The van der Waals surface area contributed by atoms with E-state index in [0.717, 1.165) is 35.9 Å². The normalized spacial score (nSPS) is 11.1. The third kappa shape index (κ3) is 4.01. The molecule has 0 bridgehead atoms. The minimum atomic E-state index is 0.488. The molecule has 21 heavy (non-hydrogen) atoms. The summed E-state index contributed by atoms with van der Waals surface area (Å²) in [6.07, 6.45) is 3.39. The van der Waals surface area contributed by atoms with Gasteiger partial charge in [-0.2, -0.15) is 5.10 Å². The number of hydrogen-bond acceptors (Lipinski definition) is 5. The lowest BCUT2D eigenvalue weighted by Crippen LogP contribution is -2.19. The van der Waals surface area contributed by atoms with E-state index in [2.05, 4.69) is 34.2 Å². The number of aryl methyl sites for hydroxylation is 2. The van der Waals surface area contributed by atoms with Gasteiger partial charge in [-0.15, -0.1) is 0 Å². The highest BCUT2D eigenvalue weighted by molar-refractivity contribution is 5.34. The van der Waals surface area contributed by atoms with Gasteiger partial charge in [-0.1, -0.05) is 13.8 Å². The van der Waals surface area contributed by atoms with Gasteiger partial charge >= 0.3 is 0 Å². The van der Waals surface area contributed by atoms with Crippen LogP contribution in [0.5, 0.6) is 11.6 Å². The fraction of sp³-hybridized carbons (Fsp3) is 0.533. The van der Waals surface area contributed by atoms with Crippen molar-refractivity contribution < 1.29 is 4.74 Å². The second-order valence-corrected chi connectivity index (χ2v) is 5.60. The van der Waals surface area contributed by atoms with E-state index in [1.165, 1.54) is 0 Å². The number of ether oxygens (including phenoxy) is 1. The molecule has 6 nitrogen and oxygen atoms in total. The molecular formula is C15H23N5O. The van der Waals surface area contributed by atoms with E-state index in [-0.39, 0.29) is 0 Å². The zero-order chi connectivity index (χ0) is 15.4. The topological polar surface area (TPSA) is 64.9 Å². The van der Waals surface area contributed by atoms with E-state index in [1.807, 2.05) is 20.9 Å². The number of rotatable bonds is 6. The van der Waals surface area contributed by atoms with Crippen LogP contribution in [0, 0.1) is 19.8 Å². The maximum atomic E-state index is 5.78. The molecule has 114 valence electrons. The molecule has 2 rings (SSSR count). The van der Waals surface area contributed by atoms with Crippen molar-refractivity contribution in [1.29, 1.82) is 0 Å². The van der Waals surface area contributed by atoms with E-state index >= 15 is 0 Å². The van der Waals surface area contributed by atoms with Crippen LogP contribution >= 0.6 is 0 Å². The zero-order valence-electron chi connectivity index (χ0n) is 13.3. The molecule has 0 atom stereocenters. The fourth-order valence-corrected chi connectivity index (χ4v) is 1.98. The first-order chi connectivity index (χ1) is 9.97. The Bertz CT molecular complexity index is 589. The molecule has 2 aromatic heterocycles. The molecule has 0 amide bonds. The number of hydrogen-bond donors (Lipinski definition) is 1. The van der Waals surface area contributed by atoms with Gasteiger partial charge in [0.05, 0.1) is 23.8 Å². The number of aromatic nitrogens is 4. The van der Waals surface area contributed by atoms with E-state index in [9.17, 15) is 0 Å². The lowest BCUT2D eigenvalue weighted by Gasteiger charge is -2.08. The summed E-state index contributed by atoms with van der Waals surface area (Å²) < 4.78 is 7.58. The summed E-state index contributed by atoms with van der Waals surface area (Å²) in [5, 5.41) is 7.65. The Labute approximate surface area is 125 Å². The molecule has 1 N–H and O–H groups in total. The molecule has 0 saturated carbocycles. The number of nitrogens with one attached hydrogen (secondary N) is 1. The van der Waals surface area contributed by atoms with Crippen molar-refractivity contribution >= 4 is 0 Å². The Morgan fingerprint density at radius 3 is 2.52 bits per heavy atom. The molecule has 0 spiro atoms. The van der Waals surface area contributed by atoms with E-state index in [4.69, 9.17) is 4.74 Å². The summed E-state index contributed by atoms with van der Waals surface area (Å²) in [4.78, 5) is 8.66. The van der Waals surface area contributed by atoms with Crippen LogP contribution in [0.3, 0.4) is 0 Å². The first-order valence-electron chi connectivity index (χ1n) is 7.17. The van der Waals surface area contributed by atoms with Gasteiger partial charge in [-0.05, 0) is 26.3 Å². The lowest BCUT2D eigenvalue weighted by molar-refractivity contribution is 0.450. The summed E-state index contributed by atoms with van der Waals surface area (Å²) in [5.41, 5.74) is 2.72. The molecule has 0 fully saturated rings. The van der Waals surface area contributed by atoms with Crippen molar-refractivity contribution in [3.8, 4) is 11.6 Å². The molecular weight excluding hydrogens is 266 g/mol. The monoisotopic (exact) mass is 289 g/mol. The van der Waals surface area contributed by atoms with Crippen LogP contribution in [0.15, 0.2) is 12.4 Å². The Morgan fingerprint density at radius 2 is 2.00 bits per heavy atom. The van der Waals surface area contributed by atoms with Gasteiger partial charge in [0, 0.05) is 13.6 Å². The van der Waals surface area contributed by atoms with Gasteiger partial charge in [0.25, 0.3) is 0 Å². The molecule has 2 heterocycles. The van der Waals surface area contributed by atoms with Gasteiger partial charge in [0.15, 0.2) is 5.75 Å². The van der Waals surface area contributed by atoms with Crippen molar-refractivity contribution in [2.45, 2.75) is 34.2 Å².